The number of ether oxygens (including phenoxy) is 3. The molecular formula is C16H14N2O6. The smallest absolute Gasteiger partial charge is 0.273 e. The van der Waals surface area contributed by atoms with Crippen LogP contribution in [0.5, 0.6) is 23.0 Å². The average molecular weight is 330 g/mol. The van der Waals surface area contributed by atoms with Gasteiger partial charge in [-0.15, -0.1) is 0 Å². The Balaban J connectivity index is 2.63. The highest BCUT2D eigenvalue weighted by Crippen LogP contribution is 2.42. The molecule has 8 heteroatoms. The maximum Gasteiger partial charge on any atom is 0.273 e. The van der Waals surface area contributed by atoms with E-state index in [-0.39, 0.29) is 34.4 Å². The molecule has 0 aromatic heterocycles. The third-order valence-corrected chi connectivity index (χ3v) is 3.85. The number of phenols is 1. The molecule has 1 aliphatic rings. The molecule has 0 amide bonds. The van der Waals surface area contributed by atoms with Gasteiger partial charge in [-0.25, -0.2) is 4.99 Å². The second-order valence-corrected chi connectivity index (χ2v) is 5.03. The lowest BCUT2D eigenvalue weighted by Crippen LogP contribution is -2.11. The molecule has 0 radical (unpaired) electrons. The number of benzene rings is 2. The first kappa shape index (κ1) is 15.6. The summed E-state index contributed by atoms with van der Waals surface area (Å²) in [5, 5.41) is 23.3. The van der Waals surface area contributed by atoms with Gasteiger partial charge in [-0.3, -0.25) is 10.1 Å². The molecule has 2 aromatic carbocycles. The lowest BCUT2D eigenvalue weighted by molar-refractivity contribution is -0.385. The van der Waals surface area contributed by atoms with Crippen molar-refractivity contribution in [3.05, 3.63) is 43.3 Å². The lowest BCUT2D eigenvalue weighted by Gasteiger charge is -2.11. The Morgan fingerprint density at radius 2 is 1.83 bits per heavy atom. The molecule has 0 fully saturated rings. The molecule has 0 saturated heterocycles. The van der Waals surface area contributed by atoms with Crippen molar-refractivity contribution >= 4 is 18.0 Å². The van der Waals surface area contributed by atoms with Crippen LogP contribution in [-0.4, -0.2) is 31.4 Å². The Hall–Kier alpha value is -3.29. The Morgan fingerprint density at radius 1 is 1.17 bits per heavy atom. The van der Waals surface area contributed by atoms with Crippen molar-refractivity contribution in [1.82, 2.24) is 0 Å². The van der Waals surface area contributed by atoms with Crippen LogP contribution in [0.1, 0.15) is 0 Å². The van der Waals surface area contributed by atoms with E-state index in [1.807, 2.05) is 0 Å². The number of non-ortho nitro benzene ring substituents is 1. The van der Waals surface area contributed by atoms with Crippen LogP contribution < -0.4 is 24.8 Å². The van der Waals surface area contributed by atoms with Crippen molar-refractivity contribution in [1.29, 1.82) is 0 Å². The molecule has 0 spiro atoms. The topological polar surface area (TPSA) is 103 Å². The fourth-order valence-corrected chi connectivity index (χ4v) is 2.80. The Labute approximate surface area is 135 Å². The number of nitrogens with zero attached hydrogens (tertiary/aromatic N) is 2. The summed E-state index contributed by atoms with van der Waals surface area (Å²) in [5.41, 5.74) is 0.0637. The molecule has 1 heterocycles. The van der Waals surface area contributed by atoms with E-state index >= 15 is 0 Å². The molecule has 0 atom stereocenters. The van der Waals surface area contributed by atoms with Crippen LogP contribution in [0.3, 0.4) is 0 Å². The van der Waals surface area contributed by atoms with Crippen molar-refractivity contribution in [3.8, 4) is 23.0 Å². The van der Waals surface area contributed by atoms with E-state index in [0.717, 1.165) is 0 Å². The summed E-state index contributed by atoms with van der Waals surface area (Å²) in [6.07, 6.45) is 0. The standard InChI is InChI=1S/C16H14N2O6/c1-7-11-9-5-8(18(20)21)6-10(22-2)12(9)17-13(11)14(19)16(24-4)15(7)23-3/h5-6,19H,1H2,2-4H3. The van der Waals surface area contributed by atoms with Crippen molar-refractivity contribution in [2.45, 2.75) is 0 Å². The minimum absolute atomic E-state index is 0.103. The molecule has 1 N–H and O–H groups in total. The fraction of sp³-hybridized carbons (Fsp3) is 0.188. The Kier molecular flexibility index (Phi) is 3.52. The molecule has 0 unspecified atom stereocenters. The van der Waals surface area contributed by atoms with Gasteiger partial charge in [0.25, 0.3) is 5.69 Å². The van der Waals surface area contributed by atoms with Gasteiger partial charge in [-0.1, -0.05) is 6.58 Å². The number of hydrogen-bond donors (Lipinski definition) is 1. The quantitative estimate of drug-likeness (QED) is 0.571. The highest BCUT2D eigenvalue weighted by atomic mass is 16.6. The number of nitro benzene ring substituents is 1. The summed E-state index contributed by atoms with van der Waals surface area (Å²) in [6, 6.07) is 2.65. The van der Waals surface area contributed by atoms with E-state index in [2.05, 4.69) is 11.6 Å². The molecule has 8 nitrogen and oxygen atoms in total. The minimum atomic E-state index is -0.524. The van der Waals surface area contributed by atoms with Crippen LogP contribution in [-0.2, 0) is 0 Å². The molecule has 24 heavy (non-hydrogen) atoms. The van der Waals surface area contributed by atoms with E-state index in [1.54, 1.807) is 0 Å². The van der Waals surface area contributed by atoms with Crippen LogP contribution >= 0.6 is 0 Å². The van der Waals surface area contributed by atoms with Crippen LogP contribution in [0.15, 0.2) is 17.1 Å². The maximum atomic E-state index is 11.2. The normalized spacial score (nSPS) is 11.3. The molecule has 0 bridgehead atoms. The summed E-state index contributed by atoms with van der Waals surface area (Å²) >= 11 is 0. The van der Waals surface area contributed by atoms with Gasteiger partial charge in [0.15, 0.2) is 17.2 Å². The van der Waals surface area contributed by atoms with Crippen LogP contribution in [0.4, 0.5) is 11.4 Å². The van der Waals surface area contributed by atoms with Crippen LogP contribution in [0.25, 0.3) is 6.58 Å². The molecule has 1 aliphatic heterocycles. The molecule has 0 aliphatic carbocycles. The third-order valence-electron chi connectivity index (χ3n) is 3.85. The van der Waals surface area contributed by atoms with Gasteiger partial charge in [-0.05, 0) is 0 Å². The van der Waals surface area contributed by atoms with Crippen LogP contribution in [0.2, 0.25) is 0 Å². The third kappa shape index (κ3) is 1.96. The van der Waals surface area contributed by atoms with Gasteiger partial charge in [0, 0.05) is 21.7 Å². The Bertz CT molecular complexity index is 1080. The summed E-state index contributed by atoms with van der Waals surface area (Å²) in [7, 11) is 4.19. The van der Waals surface area contributed by atoms with E-state index in [0.29, 0.717) is 21.0 Å². The number of methoxy groups -OCH3 is 3. The van der Waals surface area contributed by atoms with Crippen molar-refractivity contribution in [2.75, 3.05) is 21.3 Å². The van der Waals surface area contributed by atoms with Crippen LogP contribution in [0, 0.1) is 20.6 Å². The number of fused-ring (bicyclic) bond motifs is 2. The first-order chi connectivity index (χ1) is 11.4. The predicted octanol–water partition coefficient (Wildman–Crippen LogP) is 1.29. The molecule has 124 valence electrons. The fourth-order valence-electron chi connectivity index (χ4n) is 2.80. The van der Waals surface area contributed by atoms with E-state index < -0.39 is 4.92 Å². The van der Waals surface area contributed by atoms with E-state index in [1.165, 1.54) is 33.5 Å². The number of hydrogen-bond acceptors (Lipinski definition) is 7. The van der Waals surface area contributed by atoms with Gasteiger partial charge in [-0.2, -0.15) is 0 Å². The molecule has 0 saturated carbocycles. The van der Waals surface area contributed by atoms with Gasteiger partial charge in [0.1, 0.15) is 11.0 Å². The summed E-state index contributed by atoms with van der Waals surface area (Å²) in [5.74, 6) is 0.346. The number of nitro groups is 1. The number of aromatic hydroxyl groups is 1. The summed E-state index contributed by atoms with van der Waals surface area (Å²) < 4.78 is 15.7. The monoisotopic (exact) mass is 330 g/mol. The zero-order valence-corrected chi connectivity index (χ0v) is 13.2. The first-order valence-electron chi connectivity index (χ1n) is 6.85. The largest absolute Gasteiger partial charge is 0.503 e. The second-order valence-electron chi connectivity index (χ2n) is 5.03. The first-order valence-corrected chi connectivity index (χ1v) is 6.85. The van der Waals surface area contributed by atoms with Gasteiger partial charge >= 0.3 is 0 Å². The molecular weight excluding hydrogens is 316 g/mol. The van der Waals surface area contributed by atoms with Gasteiger partial charge in [0.2, 0.25) is 5.75 Å². The molecule has 3 rings (SSSR count). The van der Waals surface area contributed by atoms with Gasteiger partial charge < -0.3 is 19.3 Å². The highest BCUT2D eigenvalue weighted by Gasteiger charge is 2.23. The predicted molar refractivity (Wildman–Crippen MR) is 84.5 cm³/mol. The maximum absolute atomic E-state index is 11.2. The van der Waals surface area contributed by atoms with Crippen molar-refractivity contribution in [3.63, 3.8) is 0 Å². The Morgan fingerprint density at radius 3 is 2.38 bits per heavy atom. The van der Waals surface area contributed by atoms with Crippen molar-refractivity contribution < 1.29 is 24.2 Å². The number of phenolic OH excluding ortho intramolecular Hbond substituents is 1. The second kappa shape index (κ2) is 5.41. The number of rotatable bonds is 4. The SMILES string of the molecule is C=c1c(OC)c(OC)c(O)c2c1=c1cc([N+](=O)[O-])cc(OC)c1=N2. The molecule has 2 aromatic rings. The zero-order valence-electron chi connectivity index (χ0n) is 13.2. The average Bonchev–Trinajstić information content (AvgIpc) is 2.96. The van der Waals surface area contributed by atoms with E-state index in [9.17, 15) is 15.2 Å². The van der Waals surface area contributed by atoms with Crippen molar-refractivity contribution in [2.24, 2.45) is 4.99 Å². The zero-order chi connectivity index (χ0) is 17.6. The highest BCUT2D eigenvalue weighted by molar-refractivity contribution is 5.68. The summed E-state index contributed by atoms with van der Waals surface area (Å²) in [4.78, 5) is 15.0. The van der Waals surface area contributed by atoms with Gasteiger partial charge in [0.05, 0.1) is 32.3 Å². The minimum Gasteiger partial charge on any atom is -0.503 e. The lowest BCUT2D eigenvalue weighted by atomic mass is 10.1. The summed E-state index contributed by atoms with van der Waals surface area (Å²) in [6.45, 7) is 3.95. The van der Waals surface area contributed by atoms with E-state index in [4.69, 9.17) is 14.2 Å².